The zero-order valence-corrected chi connectivity index (χ0v) is 17.3. The van der Waals surface area contributed by atoms with Gasteiger partial charge in [0, 0.05) is 50.5 Å². The third kappa shape index (κ3) is 5.66. The number of carbonyl (C=O) groups excluding carboxylic acids is 1. The first kappa shape index (κ1) is 20.1. The molecule has 1 saturated heterocycles. The number of piperidine rings is 1. The van der Waals surface area contributed by atoms with Crippen LogP contribution in [0, 0.1) is 5.92 Å². The minimum absolute atomic E-state index is 0.132. The molecule has 1 atom stereocenters. The summed E-state index contributed by atoms with van der Waals surface area (Å²) in [6, 6.07) is 6.62. The van der Waals surface area contributed by atoms with E-state index in [-0.39, 0.29) is 5.91 Å². The summed E-state index contributed by atoms with van der Waals surface area (Å²) in [6.45, 7) is 4.09. The van der Waals surface area contributed by atoms with Crippen molar-refractivity contribution in [2.45, 2.75) is 64.1 Å². The van der Waals surface area contributed by atoms with Crippen LogP contribution in [-0.2, 0) is 17.9 Å². The van der Waals surface area contributed by atoms with E-state index in [0.29, 0.717) is 19.0 Å². The van der Waals surface area contributed by atoms with Crippen LogP contribution in [0.3, 0.4) is 0 Å². The summed E-state index contributed by atoms with van der Waals surface area (Å²) in [4.78, 5) is 22.1. The van der Waals surface area contributed by atoms with Crippen LogP contribution >= 0.6 is 0 Å². The van der Waals surface area contributed by atoms with Crippen molar-refractivity contribution >= 4 is 5.91 Å². The SMILES string of the molecule is O=C(Cn1cccn1)N(Cc1cccnc1)CC1CCCN(C2CCCCC2)C1. The average molecular weight is 396 g/mol. The van der Waals surface area contributed by atoms with Gasteiger partial charge >= 0.3 is 0 Å². The molecule has 1 amide bonds. The van der Waals surface area contributed by atoms with Gasteiger partial charge in [-0.05, 0) is 55.8 Å². The Bertz CT molecular complexity index is 742. The molecule has 29 heavy (non-hydrogen) atoms. The first-order chi connectivity index (χ1) is 14.3. The Morgan fingerprint density at radius 1 is 1.10 bits per heavy atom. The zero-order valence-electron chi connectivity index (χ0n) is 17.3. The molecule has 0 spiro atoms. The number of nitrogens with zero attached hydrogens (tertiary/aromatic N) is 5. The summed E-state index contributed by atoms with van der Waals surface area (Å²) in [5.74, 6) is 0.677. The van der Waals surface area contributed by atoms with Crippen LogP contribution in [0.15, 0.2) is 43.0 Å². The molecule has 6 heteroatoms. The van der Waals surface area contributed by atoms with Crippen molar-refractivity contribution in [1.82, 2.24) is 24.6 Å². The fourth-order valence-corrected chi connectivity index (χ4v) is 4.93. The van der Waals surface area contributed by atoms with Gasteiger partial charge in [-0.2, -0.15) is 5.10 Å². The highest BCUT2D eigenvalue weighted by molar-refractivity contribution is 5.75. The Morgan fingerprint density at radius 3 is 2.76 bits per heavy atom. The van der Waals surface area contributed by atoms with Gasteiger partial charge in [0.15, 0.2) is 0 Å². The fraction of sp³-hybridized carbons (Fsp3) is 0.609. The van der Waals surface area contributed by atoms with E-state index in [9.17, 15) is 4.79 Å². The monoisotopic (exact) mass is 395 g/mol. The lowest BCUT2D eigenvalue weighted by Gasteiger charge is -2.41. The summed E-state index contributed by atoms with van der Waals surface area (Å²) < 4.78 is 1.72. The van der Waals surface area contributed by atoms with Crippen LogP contribution in [0.25, 0.3) is 0 Å². The van der Waals surface area contributed by atoms with Crippen molar-refractivity contribution in [2.24, 2.45) is 5.92 Å². The molecule has 0 aromatic carbocycles. The second-order valence-electron chi connectivity index (χ2n) is 8.63. The number of amides is 1. The highest BCUT2D eigenvalue weighted by Crippen LogP contribution is 2.27. The topological polar surface area (TPSA) is 54.3 Å². The molecule has 0 bridgehead atoms. The van der Waals surface area contributed by atoms with E-state index in [1.807, 2.05) is 29.4 Å². The highest BCUT2D eigenvalue weighted by Gasteiger charge is 2.29. The normalized spacial score (nSPS) is 21.2. The van der Waals surface area contributed by atoms with Crippen LogP contribution in [-0.4, -0.2) is 56.1 Å². The van der Waals surface area contributed by atoms with E-state index >= 15 is 0 Å². The lowest BCUT2D eigenvalue weighted by atomic mass is 9.90. The number of hydrogen-bond donors (Lipinski definition) is 0. The lowest BCUT2D eigenvalue weighted by Crippen LogP contribution is -2.47. The number of carbonyl (C=O) groups is 1. The first-order valence-electron chi connectivity index (χ1n) is 11.2. The van der Waals surface area contributed by atoms with Gasteiger partial charge in [-0.3, -0.25) is 14.5 Å². The van der Waals surface area contributed by atoms with E-state index in [2.05, 4.69) is 21.0 Å². The van der Waals surface area contributed by atoms with E-state index < -0.39 is 0 Å². The summed E-state index contributed by atoms with van der Waals surface area (Å²) >= 11 is 0. The molecule has 1 aliphatic heterocycles. The van der Waals surface area contributed by atoms with Crippen molar-refractivity contribution in [3.05, 3.63) is 48.5 Å². The zero-order chi connectivity index (χ0) is 19.9. The van der Waals surface area contributed by atoms with E-state index in [0.717, 1.165) is 24.7 Å². The Hall–Kier alpha value is -2.21. The molecule has 2 aliphatic rings. The highest BCUT2D eigenvalue weighted by atomic mass is 16.2. The maximum absolute atomic E-state index is 13.1. The number of hydrogen-bond acceptors (Lipinski definition) is 4. The second kappa shape index (κ2) is 10.0. The first-order valence-corrected chi connectivity index (χ1v) is 11.2. The predicted molar refractivity (Wildman–Crippen MR) is 113 cm³/mol. The van der Waals surface area contributed by atoms with Crippen LogP contribution < -0.4 is 0 Å². The minimum atomic E-state index is 0.132. The number of aromatic nitrogens is 3. The van der Waals surface area contributed by atoms with E-state index in [1.165, 1.54) is 51.5 Å². The largest absolute Gasteiger partial charge is 0.336 e. The molecule has 0 radical (unpaired) electrons. The molecule has 2 aromatic rings. The molecule has 6 nitrogen and oxygen atoms in total. The van der Waals surface area contributed by atoms with Crippen LogP contribution in [0.4, 0.5) is 0 Å². The summed E-state index contributed by atoms with van der Waals surface area (Å²) in [5, 5.41) is 4.21. The van der Waals surface area contributed by atoms with Crippen molar-refractivity contribution < 1.29 is 4.79 Å². The predicted octanol–water partition coefficient (Wildman–Crippen LogP) is 3.35. The number of likely N-dealkylation sites (tertiary alicyclic amines) is 1. The van der Waals surface area contributed by atoms with Gasteiger partial charge in [0.2, 0.25) is 5.91 Å². The third-order valence-corrected chi connectivity index (χ3v) is 6.43. The maximum Gasteiger partial charge on any atom is 0.244 e. The molecule has 0 N–H and O–H groups in total. The smallest absolute Gasteiger partial charge is 0.244 e. The van der Waals surface area contributed by atoms with Crippen molar-refractivity contribution in [3.8, 4) is 0 Å². The van der Waals surface area contributed by atoms with Gasteiger partial charge in [0.25, 0.3) is 0 Å². The third-order valence-electron chi connectivity index (χ3n) is 6.43. The average Bonchev–Trinajstić information content (AvgIpc) is 3.28. The summed E-state index contributed by atoms with van der Waals surface area (Å²) in [7, 11) is 0. The molecule has 1 aliphatic carbocycles. The number of pyridine rings is 1. The van der Waals surface area contributed by atoms with Gasteiger partial charge in [-0.25, -0.2) is 0 Å². The van der Waals surface area contributed by atoms with Crippen LogP contribution in [0.1, 0.15) is 50.5 Å². The number of rotatable bonds is 7. The fourth-order valence-electron chi connectivity index (χ4n) is 4.93. The quantitative estimate of drug-likeness (QED) is 0.721. The van der Waals surface area contributed by atoms with Crippen LogP contribution in [0.5, 0.6) is 0 Å². The van der Waals surface area contributed by atoms with Gasteiger partial charge in [-0.1, -0.05) is 25.3 Å². The molecular weight excluding hydrogens is 362 g/mol. The summed E-state index contributed by atoms with van der Waals surface area (Å²) in [6.07, 6.45) is 16.5. The molecule has 2 aromatic heterocycles. The Balaban J connectivity index is 1.41. The Kier molecular flexibility index (Phi) is 6.93. The standard InChI is InChI=1S/C23H33N5O/c29-23(19-28-14-6-12-25-28)27(16-20-7-4-11-24-15-20)18-21-8-5-13-26(17-21)22-9-2-1-3-10-22/h4,6-7,11-12,14-15,21-22H,1-3,5,8-10,13,16-19H2. The van der Waals surface area contributed by atoms with Gasteiger partial charge in [0.05, 0.1) is 0 Å². The molecule has 2 fully saturated rings. The Labute approximate surface area is 173 Å². The maximum atomic E-state index is 13.1. The Morgan fingerprint density at radius 2 is 2.00 bits per heavy atom. The molecular formula is C23H33N5O. The second-order valence-corrected chi connectivity index (χ2v) is 8.63. The summed E-state index contributed by atoms with van der Waals surface area (Å²) in [5.41, 5.74) is 1.08. The van der Waals surface area contributed by atoms with E-state index in [1.54, 1.807) is 17.1 Å². The molecule has 1 unspecified atom stereocenters. The van der Waals surface area contributed by atoms with Gasteiger partial charge in [0.1, 0.15) is 6.54 Å². The molecule has 3 heterocycles. The minimum Gasteiger partial charge on any atom is -0.336 e. The molecule has 156 valence electrons. The van der Waals surface area contributed by atoms with Gasteiger partial charge < -0.3 is 9.80 Å². The molecule has 4 rings (SSSR count). The van der Waals surface area contributed by atoms with Crippen molar-refractivity contribution in [1.29, 1.82) is 0 Å². The van der Waals surface area contributed by atoms with Crippen LogP contribution in [0.2, 0.25) is 0 Å². The van der Waals surface area contributed by atoms with E-state index in [4.69, 9.17) is 0 Å². The van der Waals surface area contributed by atoms with Crippen molar-refractivity contribution in [2.75, 3.05) is 19.6 Å². The lowest BCUT2D eigenvalue weighted by molar-refractivity contribution is -0.133. The molecule has 1 saturated carbocycles. The van der Waals surface area contributed by atoms with Gasteiger partial charge in [-0.15, -0.1) is 0 Å². The van der Waals surface area contributed by atoms with Crippen molar-refractivity contribution in [3.63, 3.8) is 0 Å².